The summed E-state index contributed by atoms with van der Waals surface area (Å²) in [6, 6.07) is 6.06. The lowest BCUT2D eigenvalue weighted by Gasteiger charge is -2.30. The van der Waals surface area contributed by atoms with E-state index in [1.807, 2.05) is 20.8 Å². The number of rotatable bonds is 3. The van der Waals surface area contributed by atoms with E-state index in [-0.39, 0.29) is 17.7 Å². The standard InChI is InChI=1S/C12H18N2O2/c1-8(13)12(2,3)14-11(16)9-5-4-6-10(15)7-9/h4-8,15H,13H2,1-3H3,(H,14,16). The van der Waals surface area contributed by atoms with Gasteiger partial charge in [0, 0.05) is 17.1 Å². The largest absolute Gasteiger partial charge is 0.508 e. The third kappa shape index (κ3) is 2.97. The van der Waals surface area contributed by atoms with Gasteiger partial charge in [0.25, 0.3) is 5.91 Å². The van der Waals surface area contributed by atoms with Crippen molar-refractivity contribution >= 4 is 5.91 Å². The maximum atomic E-state index is 11.8. The van der Waals surface area contributed by atoms with E-state index in [9.17, 15) is 9.90 Å². The highest BCUT2D eigenvalue weighted by atomic mass is 16.3. The molecule has 16 heavy (non-hydrogen) atoms. The quantitative estimate of drug-likeness (QED) is 0.720. The summed E-state index contributed by atoms with van der Waals surface area (Å²) in [6.45, 7) is 5.56. The van der Waals surface area contributed by atoms with Crippen LogP contribution in [0.5, 0.6) is 5.75 Å². The predicted molar refractivity (Wildman–Crippen MR) is 63.3 cm³/mol. The minimum atomic E-state index is -0.484. The van der Waals surface area contributed by atoms with Gasteiger partial charge in [-0.1, -0.05) is 6.07 Å². The van der Waals surface area contributed by atoms with Gasteiger partial charge in [-0.3, -0.25) is 4.79 Å². The van der Waals surface area contributed by atoms with Crippen LogP contribution in [0.1, 0.15) is 31.1 Å². The van der Waals surface area contributed by atoms with Gasteiger partial charge >= 0.3 is 0 Å². The molecule has 1 rings (SSSR count). The summed E-state index contributed by atoms with van der Waals surface area (Å²) in [4.78, 5) is 11.8. The van der Waals surface area contributed by atoms with Crippen molar-refractivity contribution in [1.82, 2.24) is 5.32 Å². The molecule has 1 amide bonds. The highest BCUT2D eigenvalue weighted by molar-refractivity contribution is 5.95. The molecular formula is C12H18N2O2. The number of hydrogen-bond donors (Lipinski definition) is 3. The molecule has 4 nitrogen and oxygen atoms in total. The van der Waals surface area contributed by atoms with Crippen molar-refractivity contribution in [2.75, 3.05) is 0 Å². The van der Waals surface area contributed by atoms with E-state index in [0.29, 0.717) is 5.56 Å². The Hall–Kier alpha value is -1.55. The van der Waals surface area contributed by atoms with Crippen LogP contribution in [0.25, 0.3) is 0 Å². The Morgan fingerprint density at radius 2 is 2.12 bits per heavy atom. The van der Waals surface area contributed by atoms with E-state index in [1.54, 1.807) is 12.1 Å². The molecule has 4 N–H and O–H groups in total. The van der Waals surface area contributed by atoms with Crippen molar-refractivity contribution in [3.05, 3.63) is 29.8 Å². The predicted octanol–water partition coefficient (Wildman–Crippen LogP) is 1.25. The third-order valence-corrected chi connectivity index (χ3v) is 2.68. The van der Waals surface area contributed by atoms with Gasteiger partial charge < -0.3 is 16.2 Å². The lowest BCUT2D eigenvalue weighted by atomic mass is 9.96. The van der Waals surface area contributed by atoms with E-state index < -0.39 is 5.54 Å². The average Bonchev–Trinajstić information content (AvgIpc) is 2.16. The van der Waals surface area contributed by atoms with Crippen molar-refractivity contribution in [3.63, 3.8) is 0 Å². The Bertz CT molecular complexity index is 386. The molecule has 1 unspecified atom stereocenters. The zero-order valence-electron chi connectivity index (χ0n) is 9.82. The monoisotopic (exact) mass is 222 g/mol. The van der Waals surface area contributed by atoms with Gasteiger partial charge in [-0.15, -0.1) is 0 Å². The smallest absolute Gasteiger partial charge is 0.251 e. The second kappa shape index (κ2) is 4.53. The van der Waals surface area contributed by atoms with Crippen LogP contribution in [-0.2, 0) is 0 Å². The number of hydrogen-bond acceptors (Lipinski definition) is 3. The Balaban J connectivity index is 2.81. The van der Waals surface area contributed by atoms with Crippen LogP contribution < -0.4 is 11.1 Å². The average molecular weight is 222 g/mol. The maximum Gasteiger partial charge on any atom is 0.251 e. The molecule has 0 fully saturated rings. The maximum absolute atomic E-state index is 11.8. The first-order chi connectivity index (χ1) is 7.33. The fourth-order valence-electron chi connectivity index (χ4n) is 1.13. The molecule has 0 saturated heterocycles. The first-order valence-electron chi connectivity index (χ1n) is 5.20. The minimum Gasteiger partial charge on any atom is -0.508 e. The molecule has 88 valence electrons. The fourth-order valence-corrected chi connectivity index (χ4v) is 1.13. The van der Waals surface area contributed by atoms with Gasteiger partial charge in [-0.25, -0.2) is 0 Å². The zero-order chi connectivity index (χ0) is 12.3. The number of carbonyl (C=O) groups excluding carboxylic acids is 1. The highest BCUT2D eigenvalue weighted by Gasteiger charge is 2.25. The number of nitrogens with one attached hydrogen (secondary N) is 1. The van der Waals surface area contributed by atoms with Crippen LogP contribution in [0, 0.1) is 0 Å². The van der Waals surface area contributed by atoms with Crippen LogP contribution in [0.2, 0.25) is 0 Å². The summed E-state index contributed by atoms with van der Waals surface area (Å²) in [6.07, 6.45) is 0. The molecule has 1 aromatic carbocycles. The molecule has 0 aromatic heterocycles. The van der Waals surface area contributed by atoms with E-state index in [0.717, 1.165) is 0 Å². The zero-order valence-corrected chi connectivity index (χ0v) is 9.82. The lowest BCUT2D eigenvalue weighted by Crippen LogP contribution is -2.54. The fraction of sp³-hybridized carbons (Fsp3) is 0.417. The first kappa shape index (κ1) is 12.5. The molecule has 0 heterocycles. The van der Waals surface area contributed by atoms with Crippen molar-refractivity contribution in [1.29, 1.82) is 0 Å². The minimum absolute atomic E-state index is 0.0752. The molecule has 0 aliphatic rings. The summed E-state index contributed by atoms with van der Waals surface area (Å²) in [5.74, 6) is -0.163. The number of aromatic hydroxyl groups is 1. The van der Waals surface area contributed by atoms with Crippen LogP contribution in [0.3, 0.4) is 0 Å². The van der Waals surface area contributed by atoms with Crippen LogP contribution in [-0.4, -0.2) is 22.6 Å². The van der Waals surface area contributed by atoms with E-state index in [4.69, 9.17) is 5.73 Å². The summed E-state index contributed by atoms with van der Waals surface area (Å²) in [5.41, 5.74) is 5.70. The van der Waals surface area contributed by atoms with Gasteiger partial charge in [-0.2, -0.15) is 0 Å². The summed E-state index contributed by atoms with van der Waals surface area (Å²) < 4.78 is 0. The molecule has 0 spiro atoms. The van der Waals surface area contributed by atoms with Crippen molar-refractivity contribution in [2.24, 2.45) is 5.73 Å². The molecule has 1 atom stereocenters. The number of nitrogens with two attached hydrogens (primary N) is 1. The van der Waals surface area contributed by atoms with E-state index >= 15 is 0 Å². The Kier molecular flexibility index (Phi) is 3.55. The van der Waals surface area contributed by atoms with Gasteiger partial charge in [0.1, 0.15) is 5.75 Å². The normalized spacial score (nSPS) is 13.2. The second-order valence-corrected chi connectivity index (χ2v) is 4.51. The topological polar surface area (TPSA) is 75.3 Å². The van der Waals surface area contributed by atoms with E-state index in [1.165, 1.54) is 12.1 Å². The molecule has 0 radical (unpaired) electrons. The highest BCUT2D eigenvalue weighted by Crippen LogP contribution is 2.13. The first-order valence-corrected chi connectivity index (χ1v) is 5.20. The Labute approximate surface area is 95.5 Å². The van der Waals surface area contributed by atoms with Crippen LogP contribution >= 0.6 is 0 Å². The molecule has 1 aromatic rings. The van der Waals surface area contributed by atoms with Crippen molar-refractivity contribution < 1.29 is 9.90 Å². The van der Waals surface area contributed by atoms with Gasteiger partial charge in [0.15, 0.2) is 0 Å². The molecular weight excluding hydrogens is 204 g/mol. The Morgan fingerprint density at radius 1 is 1.50 bits per heavy atom. The van der Waals surface area contributed by atoms with Crippen molar-refractivity contribution in [3.8, 4) is 5.75 Å². The van der Waals surface area contributed by atoms with Crippen LogP contribution in [0.15, 0.2) is 24.3 Å². The summed E-state index contributed by atoms with van der Waals surface area (Å²) in [7, 11) is 0. The van der Waals surface area contributed by atoms with Crippen LogP contribution in [0.4, 0.5) is 0 Å². The van der Waals surface area contributed by atoms with Gasteiger partial charge in [0.2, 0.25) is 0 Å². The molecule has 0 aliphatic heterocycles. The number of carbonyl (C=O) groups is 1. The molecule has 0 bridgehead atoms. The van der Waals surface area contributed by atoms with Gasteiger partial charge in [-0.05, 0) is 39.0 Å². The van der Waals surface area contributed by atoms with E-state index in [2.05, 4.69) is 5.32 Å². The van der Waals surface area contributed by atoms with Crippen molar-refractivity contribution in [2.45, 2.75) is 32.4 Å². The van der Waals surface area contributed by atoms with Gasteiger partial charge in [0.05, 0.1) is 0 Å². The summed E-state index contributed by atoms with van der Waals surface area (Å²) >= 11 is 0. The number of phenols is 1. The SMILES string of the molecule is CC(N)C(C)(C)NC(=O)c1cccc(O)c1. The molecule has 0 saturated carbocycles. The number of benzene rings is 1. The summed E-state index contributed by atoms with van der Waals surface area (Å²) in [5, 5.41) is 12.1. The lowest BCUT2D eigenvalue weighted by molar-refractivity contribution is 0.0903. The number of amides is 1. The third-order valence-electron chi connectivity index (χ3n) is 2.68. The molecule has 0 aliphatic carbocycles. The second-order valence-electron chi connectivity index (χ2n) is 4.51. The molecule has 4 heteroatoms. The number of phenolic OH excluding ortho intramolecular Hbond substituents is 1. The Morgan fingerprint density at radius 3 is 2.62 bits per heavy atom.